The molecule has 4 rings (SSSR count). The number of oxime groups is 1. The lowest BCUT2D eigenvalue weighted by Crippen LogP contribution is -2.22. The van der Waals surface area contributed by atoms with Gasteiger partial charge in [0.05, 0.1) is 0 Å². The van der Waals surface area contributed by atoms with Crippen molar-refractivity contribution in [2.75, 3.05) is 0 Å². The van der Waals surface area contributed by atoms with Crippen LogP contribution in [0.2, 0.25) is 0 Å². The Morgan fingerprint density at radius 2 is 1.21 bits per heavy atom. The number of hydrogen-bond donors (Lipinski definition) is 0. The number of benzene rings is 3. The van der Waals surface area contributed by atoms with Gasteiger partial charge in [0.2, 0.25) is 5.78 Å². The van der Waals surface area contributed by atoms with Gasteiger partial charge in [-0.2, -0.15) is 0 Å². The highest BCUT2D eigenvalue weighted by molar-refractivity contribution is 6.54. The van der Waals surface area contributed by atoms with Crippen molar-refractivity contribution in [3.63, 3.8) is 0 Å². The molecule has 0 atom stereocenters. The molecule has 0 heterocycles. The van der Waals surface area contributed by atoms with Crippen molar-refractivity contribution in [1.82, 2.24) is 0 Å². The van der Waals surface area contributed by atoms with Gasteiger partial charge in [-0.1, -0.05) is 84.0 Å². The van der Waals surface area contributed by atoms with Gasteiger partial charge in [0, 0.05) is 11.1 Å². The van der Waals surface area contributed by atoms with E-state index in [-0.39, 0.29) is 5.78 Å². The van der Waals surface area contributed by atoms with Crippen molar-refractivity contribution in [1.29, 1.82) is 0 Å². The van der Waals surface area contributed by atoms with Gasteiger partial charge >= 0.3 is 0 Å². The van der Waals surface area contributed by atoms with Crippen LogP contribution in [0, 0.1) is 0 Å². The van der Waals surface area contributed by atoms with E-state index in [4.69, 9.17) is 4.84 Å². The Morgan fingerprint density at radius 1 is 0.667 bits per heavy atom. The maximum absolute atomic E-state index is 12.8. The molecular weight excluding hydrogens is 298 g/mol. The Kier molecular flexibility index (Phi) is 3.67. The van der Waals surface area contributed by atoms with Crippen LogP contribution in [-0.4, -0.2) is 11.5 Å². The molecule has 0 aromatic heterocycles. The molecule has 0 saturated carbocycles. The van der Waals surface area contributed by atoms with Crippen LogP contribution in [0.25, 0.3) is 11.1 Å². The topological polar surface area (TPSA) is 38.7 Å². The molecule has 3 heteroatoms. The molecule has 0 spiro atoms. The summed E-state index contributed by atoms with van der Waals surface area (Å²) in [6.45, 7) is 0.335. The smallest absolute Gasteiger partial charge is 0.216 e. The van der Waals surface area contributed by atoms with E-state index in [1.165, 1.54) is 0 Å². The highest BCUT2D eigenvalue weighted by Crippen LogP contribution is 2.33. The number of carbonyl (C=O) groups excluding carboxylic acids is 1. The average molecular weight is 313 g/mol. The van der Waals surface area contributed by atoms with E-state index in [0.29, 0.717) is 17.9 Å². The summed E-state index contributed by atoms with van der Waals surface area (Å²) in [7, 11) is 0. The van der Waals surface area contributed by atoms with Crippen LogP contribution in [0.15, 0.2) is 84.0 Å². The minimum atomic E-state index is -0.0997. The molecule has 116 valence electrons. The molecule has 0 saturated heterocycles. The van der Waals surface area contributed by atoms with E-state index in [9.17, 15) is 4.79 Å². The van der Waals surface area contributed by atoms with Gasteiger partial charge in [-0.15, -0.1) is 0 Å². The number of hydrogen-bond acceptors (Lipinski definition) is 3. The van der Waals surface area contributed by atoms with Crippen LogP contribution in [0.1, 0.15) is 21.5 Å². The molecular formula is C21H15NO2. The lowest BCUT2D eigenvalue weighted by atomic mass is 9.83. The second kappa shape index (κ2) is 6.13. The van der Waals surface area contributed by atoms with Crippen LogP contribution in [0.3, 0.4) is 0 Å². The molecule has 0 fully saturated rings. The minimum absolute atomic E-state index is 0.0997. The molecule has 1 aliphatic rings. The summed E-state index contributed by atoms with van der Waals surface area (Å²) in [4.78, 5) is 18.3. The third kappa shape index (κ3) is 2.50. The number of rotatable bonds is 3. The Labute approximate surface area is 140 Å². The molecule has 0 radical (unpaired) electrons. The number of Topliss-reactive ketones (excluding diaryl/α,β-unsaturated/α-hetero) is 1. The predicted octanol–water partition coefficient (Wildman–Crippen LogP) is 4.47. The Balaban J connectivity index is 1.71. The average Bonchev–Trinajstić information content (AvgIpc) is 2.65. The summed E-state index contributed by atoms with van der Waals surface area (Å²) in [5.41, 5.74) is 4.81. The number of fused-ring (bicyclic) bond motifs is 3. The molecule has 0 aliphatic heterocycles. The third-order valence-electron chi connectivity index (χ3n) is 4.09. The zero-order chi connectivity index (χ0) is 16.4. The lowest BCUT2D eigenvalue weighted by Gasteiger charge is -2.19. The molecule has 0 N–H and O–H groups in total. The minimum Gasteiger partial charge on any atom is -0.390 e. The molecule has 3 aromatic rings. The fourth-order valence-corrected chi connectivity index (χ4v) is 2.93. The summed E-state index contributed by atoms with van der Waals surface area (Å²) in [6, 6.07) is 25.2. The first-order valence-corrected chi connectivity index (χ1v) is 7.82. The van der Waals surface area contributed by atoms with Crippen molar-refractivity contribution >= 4 is 11.5 Å². The van der Waals surface area contributed by atoms with Crippen LogP contribution >= 0.6 is 0 Å². The van der Waals surface area contributed by atoms with Crippen molar-refractivity contribution in [2.45, 2.75) is 6.61 Å². The second-order valence-corrected chi connectivity index (χ2v) is 5.62. The highest BCUT2D eigenvalue weighted by atomic mass is 16.6. The normalized spacial score (nSPS) is 14.2. The third-order valence-corrected chi connectivity index (χ3v) is 4.09. The molecule has 24 heavy (non-hydrogen) atoms. The van der Waals surface area contributed by atoms with Gasteiger partial charge in [-0.05, 0) is 16.7 Å². The Bertz CT molecular complexity index is 929. The summed E-state index contributed by atoms with van der Waals surface area (Å²) >= 11 is 0. The van der Waals surface area contributed by atoms with Gasteiger partial charge < -0.3 is 4.84 Å². The Hall–Kier alpha value is -3.20. The SMILES string of the molecule is O=C1C(=NOCc2ccccc2)c2ccccc2-c2ccccc21. The lowest BCUT2D eigenvalue weighted by molar-refractivity contribution is 0.103. The Morgan fingerprint density at radius 3 is 1.92 bits per heavy atom. The van der Waals surface area contributed by atoms with Crippen molar-refractivity contribution in [3.8, 4) is 11.1 Å². The van der Waals surface area contributed by atoms with Gasteiger partial charge in [-0.25, -0.2) is 0 Å². The number of carbonyl (C=O) groups is 1. The van der Waals surface area contributed by atoms with E-state index < -0.39 is 0 Å². The number of nitrogens with zero attached hydrogens (tertiary/aromatic N) is 1. The van der Waals surface area contributed by atoms with Gasteiger partial charge in [0.1, 0.15) is 6.61 Å². The standard InChI is InChI=1S/C21H15NO2/c23-21-19-13-7-5-11-17(19)16-10-4-6-12-18(16)20(21)22-24-14-15-8-2-1-3-9-15/h1-13H,14H2. The summed E-state index contributed by atoms with van der Waals surface area (Å²) in [5.74, 6) is -0.0997. The van der Waals surface area contributed by atoms with E-state index in [1.54, 1.807) is 0 Å². The highest BCUT2D eigenvalue weighted by Gasteiger charge is 2.28. The summed E-state index contributed by atoms with van der Waals surface area (Å²) < 4.78 is 0. The fourth-order valence-electron chi connectivity index (χ4n) is 2.93. The molecule has 3 nitrogen and oxygen atoms in total. The summed E-state index contributed by atoms with van der Waals surface area (Å²) in [6.07, 6.45) is 0. The van der Waals surface area contributed by atoms with Gasteiger partial charge in [-0.3, -0.25) is 4.79 Å². The molecule has 0 bridgehead atoms. The van der Waals surface area contributed by atoms with Crippen molar-refractivity contribution < 1.29 is 9.63 Å². The molecule has 0 amide bonds. The number of ketones is 1. The van der Waals surface area contributed by atoms with E-state index in [2.05, 4.69) is 5.16 Å². The second-order valence-electron chi connectivity index (χ2n) is 5.62. The first-order chi connectivity index (χ1) is 11.8. The van der Waals surface area contributed by atoms with Crippen molar-refractivity contribution in [2.24, 2.45) is 5.16 Å². The van der Waals surface area contributed by atoms with Crippen LogP contribution in [0.5, 0.6) is 0 Å². The van der Waals surface area contributed by atoms with Crippen LogP contribution < -0.4 is 0 Å². The predicted molar refractivity (Wildman–Crippen MR) is 94.0 cm³/mol. The van der Waals surface area contributed by atoms with Crippen LogP contribution in [0.4, 0.5) is 0 Å². The monoisotopic (exact) mass is 313 g/mol. The van der Waals surface area contributed by atoms with E-state index >= 15 is 0 Å². The largest absolute Gasteiger partial charge is 0.390 e. The maximum Gasteiger partial charge on any atom is 0.216 e. The zero-order valence-electron chi connectivity index (χ0n) is 13.0. The first-order valence-electron chi connectivity index (χ1n) is 7.82. The van der Waals surface area contributed by atoms with E-state index in [1.807, 2.05) is 78.9 Å². The molecule has 1 aliphatic carbocycles. The summed E-state index contributed by atoms with van der Waals surface area (Å²) in [5, 5.41) is 4.17. The van der Waals surface area contributed by atoms with Gasteiger partial charge in [0.25, 0.3) is 0 Å². The van der Waals surface area contributed by atoms with E-state index in [0.717, 1.165) is 22.3 Å². The zero-order valence-corrected chi connectivity index (χ0v) is 13.0. The quantitative estimate of drug-likeness (QED) is 0.669. The maximum atomic E-state index is 12.8. The molecule has 0 unspecified atom stereocenters. The molecule has 3 aromatic carbocycles. The van der Waals surface area contributed by atoms with Gasteiger partial charge in [0.15, 0.2) is 5.71 Å². The van der Waals surface area contributed by atoms with Crippen LogP contribution in [-0.2, 0) is 11.4 Å². The fraction of sp³-hybridized carbons (Fsp3) is 0.0476. The van der Waals surface area contributed by atoms with Crippen molar-refractivity contribution in [3.05, 3.63) is 95.6 Å². The first kappa shape index (κ1) is 14.4.